The molecular formula is C8H14F3NO2. The molecule has 0 aromatic heterocycles. The smallest absolute Gasteiger partial charge is 0.407 e. The van der Waals surface area contributed by atoms with E-state index in [0.29, 0.717) is 6.42 Å². The topological polar surface area (TPSA) is 38.3 Å². The van der Waals surface area contributed by atoms with Crippen LogP contribution in [0.5, 0.6) is 0 Å². The third-order valence-corrected chi connectivity index (χ3v) is 1.60. The predicted octanol–water partition coefficient (Wildman–Crippen LogP) is 2.46. The van der Waals surface area contributed by atoms with Gasteiger partial charge in [-0.1, -0.05) is 6.92 Å². The normalized spacial score (nSPS) is 13.5. The Hall–Kier alpha value is -0.940. The summed E-state index contributed by atoms with van der Waals surface area (Å²) in [4.78, 5) is 10.8. The molecule has 84 valence electrons. The minimum atomic E-state index is -4.28. The number of alkyl halides is 3. The standard InChI is InChI=1S/C8H14F3NO2/c1-3-6(2)12-7(13)14-5-4-8(9,10)11/h6H,3-5H2,1-2H3,(H,12,13). The van der Waals surface area contributed by atoms with Crippen LogP contribution in [0, 0.1) is 0 Å². The Balaban J connectivity index is 3.55. The number of carbonyl (C=O) groups is 1. The van der Waals surface area contributed by atoms with Crippen molar-refractivity contribution in [2.75, 3.05) is 6.61 Å². The van der Waals surface area contributed by atoms with E-state index in [1.165, 1.54) is 0 Å². The zero-order valence-corrected chi connectivity index (χ0v) is 8.15. The van der Waals surface area contributed by atoms with E-state index >= 15 is 0 Å². The number of halogens is 3. The van der Waals surface area contributed by atoms with Crippen molar-refractivity contribution in [2.24, 2.45) is 0 Å². The van der Waals surface area contributed by atoms with Gasteiger partial charge in [-0.2, -0.15) is 13.2 Å². The molecule has 1 N–H and O–H groups in total. The van der Waals surface area contributed by atoms with E-state index in [0.717, 1.165) is 0 Å². The molecule has 1 unspecified atom stereocenters. The maximum atomic E-state index is 11.6. The van der Waals surface area contributed by atoms with E-state index in [2.05, 4.69) is 10.1 Å². The highest BCUT2D eigenvalue weighted by atomic mass is 19.4. The Bertz CT molecular complexity index is 182. The molecule has 0 aliphatic carbocycles. The van der Waals surface area contributed by atoms with Crippen molar-refractivity contribution in [3.63, 3.8) is 0 Å². The molecular weight excluding hydrogens is 199 g/mol. The minimum Gasteiger partial charge on any atom is -0.449 e. The van der Waals surface area contributed by atoms with E-state index in [9.17, 15) is 18.0 Å². The summed E-state index contributed by atoms with van der Waals surface area (Å²) in [6, 6.07) is -0.0895. The van der Waals surface area contributed by atoms with Crippen LogP contribution in [0.25, 0.3) is 0 Å². The van der Waals surface area contributed by atoms with Gasteiger partial charge in [0.05, 0.1) is 6.42 Å². The van der Waals surface area contributed by atoms with Crippen LogP contribution in [-0.2, 0) is 4.74 Å². The molecule has 0 rings (SSSR count). The van der Waals surface area contributed by atoms with Gasteiger partial charge in [-0.25, -0.2) is 4.79 Å². The molecule has 3 nitrogen and oxygen atoms in total. The van der Waals surface area contributed by atoms with Gasteiger partial charge in [0.25, 0.3) is 0 Å². The monoisotopic (exact) mass is 213 g/mol. The lowest BCUT2D eigenvalue weighted by molar-refractivity contribution is -0.141. The molecule has 0 aliphatic rings. The first-order valence-corrected chi connectivity index (χ1v) is 4.35. The van der Waals surface area contributed by atoms with Crippen LogP contribution in [0.15, 0.2) is 0 Å². The summed E-state index contributed by atoms with van der Waals surface area (Å²) in [5.74, 6) is 0. The molecule has 0 heterocycles. The molecule has 0 radical (unpaired) electrons. The number of ether oxygens (including phenoxy) is 1. The summed E-state index contributed by atoms with van der Waals surface area (Å²) in [7, 11) is 0. The van der Waals surface area contributed by atoms with Crippen LogP contribution in [0.1, 0.15) is 26.7 Å². The number of carbonyl (C=O) groups excluding carboxylic acids is 1. The van der Waals surface area contributed by atoms with Gasteiger partial charge in [-0.15, -0.1) is 0 Å². The lowest BCUT2D eigenvalue weighted by Crippen LogP contribution is -2.33. The van der Waals surface area contributed by atoms with Crippen molar-refractivity contribution in [2.45, 2.75) is 38.9 Å². The molecule has 1 atom stereocenters. The van der Waals surface area contributed by atoms with Crippen molar-refractivity contribution >= 4 is 6.09 Å². The fourth-order valence-electron chi connectivity index (χ4n) is 0.604. The van der Waals surface area contributed by atoms with Gasteiger partial charge in [0.15, 0.2) is 0 Å². The molecule has 0 saturated carbocycles. The number of hydrogen-bond donors (Lipinski definition) is 1. The first-order chi connectivity index (χ1) is 6.35. The maximum Gasteiger partial charge on any atom is 0.407 e. The van der Waals surface area contributed by atoms with Gasteiger partial charge in [-0.3, -0.25) is 0 Å². The minimum absolute atomic E-state index is 0.0895. The van der Waals surface area contributed by atoms with E-state index in [4.69, 9.17) is 0 Å². The summed E-state index contributed by atoms with van der Waals surface area (Å²) >= 11 is 0. The molecule has 6 heteroatoms. The van der Waals surface area contributed by atoms with Gasteiger partial charge in [0, 0.05) is 6.04 Å². The van der Waals surface area contributed by atoms with E-state index in [1.54, 1.807) is 6.92 Å². The van der Waals surface area contributed by atoms with E-state index < -0.39 is 25.3 Å². The average molecular weight is 213 g/mol. The van der Waals surface area contributed by atoms with Crippen LogP contribution in [0.2, 0.25) is 0 Å². The molecule has 0 saturated heterocycles. The fourth-order valence-corrected chi connectivity index (χ4v) is 0.604. The molecule has 1 amide bonds. The Morgan fingerprint density at radius 1 is 1.50 bits per heavy atom. The fraction of sp³-hybridized carbons (Fsp3) is 0.875. The van der Waals surface area contributed by atoms with Crippen LogP contribution in [0.3, 0.4) is 0 Å². The summed E-state index contributed by atoms with van der Waals surface area (Å²) in [6.07, 6.45) is -5.49. The number of rotatable bonds is 4. The van der Waals surface area contributed by atoms with Crippen molar-refractivity contribution in [3.8, 4) is 0 Å². The lowest BCUT2D eigenvalue weighted by Gasteiger charge is -2.12. The molecule has 0 aromatic carbocycles. The van der Waals surface area contributed by atoms with E-state index in [1.807, 2.05) is 6.92 Å². The zero-order chi connectivity index (χ0) is 11.2. The molecule has 0 fully saturated rings. The number of alkyl carbamates (subject to hydrolysis) is 1. The second kappa shape index (κ2) is 5.72. The molecule has 0 bridgehead atoms. The predicted molar refractivity (Wildman–Crippen MR) is 44.9 cm³/mol. The van der Waals surface area contributed by atoms with Crippen LogP contribution < -0.4 is 5.32 Å². The van der Waals surface area contributed by atoms with Gasteiger partial charge in [0.1, 0.15) is 6.61 Å². The number of hydrogen-bond acceptors (Lipinski definition) is 2. The molecule has 0 spiro atoms. The van der Waals surface area contributed by atoms with Crippen LogP contribution in [0.4, 0.5) is 18.0 Å². The molecule has 0 aromatic rings. The highest BCUT2D eigenvalue weighted by molar-refractivity contribution is 5.67. The quantitative estimate of drug-likeness (QED) is 0.779. The van der Waals surface area contributed by atoms with Crippen molar-refractivity contribution < 1.29 is 22.7 Å². The summed E-state index contributed by atoms with van der Waals surface area (Å²) < 4.78 is 39.2. The SMILES string of the molecule is CCC(C)NC(=O)OCCC(F)(F)F. The number of nitrogens with one attached hydrogen (secondary N) is 1. The Kier molecular flexibility index (Phi) is 5.34. The number of amides is 1. The largest absolute Gasteiger partial charge is 0.449 e. The van der Waals surface area contributed by atoms with Crippen LogP contribution in [-0.4, -0.2) is 24.9 Å². The molecule has 14 heavy (non-hydrogen) atoms. The molecule has 0 aliphatic heterocycles. The highest BCUT2D eigenvalue weighted by Crippen LogP contribution is 2.18. The average Bonchev–Trinajstić information content (AvgIpc) is 2.01. The zero-order valence-electron chi connectivity index (χ0n) is 8.15. The first-order valence-electron chi connectivity index (χ1n) is 4.35. The lowest BCUT2D eigenvalue weighted by atomic mass is 10.3. The highest BCUT2D eigenvalue weighted by Gasteiger charge is 2.27. The summed E-state index contributed by atoms with van der Waals surface area (Å²) in [5, 5.41) is 2.39. The van der Waals surface area contributed by atoms with Gasteiger partial charge in [0.2, 0.25) is 0 Å². The van der Waals surface area contributed by atoms with Crippen molar-refractivity contribution in [3.05, 3.63) is 0 Å². The van der Waals surface area contributed by atoms with Gasteiger partial charge in [-0.05, 0) is 13.3 Å². The maximum absolute atomic E-state index is 11.6. The second-order valence-electron chi connectivity index (χ2n) is 2.95. The second-order valence-corrected chi connectivity index (χ2v) is 2.95. The Morgan fingerprint density at radius 3 is 2.50 bits per heavy atom. The third-order valence-electron chi connectivity index (χ3n) is 1.60. The Labute approximate surface area is 80.6 Å². The van der Waals surface area contributed by atoms with Crippen molar-refractivity contribution in [1.29, 1.82) is 0 Å². The third kappa shape index (κ3) is 7.70. The van der Waals surface area contributed by atoms with Gasteiger partial charge >= 0.3 is 12.3 Å². The van der Waals surface area contributed by atoms with Gasteiger partial charge < -0.3 is 10.1 Å². The first kappa shape index (κ1) is 13.1. The Morgan fingerprint density at radius 2 is 2.07 bits per heavy atom. The van der Waals surface area contributed by atoms with Crippen LogP contribution >= 0.6 is 0 Å². The summed E-state index contributed by atoms with van der Waals surface area (Å²) in [6.45, 7) is 2.96. The van der Waals surface area contributed by atoms with E-state index in [-0.39, 0.29) is 6.04 Å². The summed E-state index contributed by atoms with van der Waals surface area (Å²) in [5.41, 5.74) is 0. The van der Waals surface area contributed by atoms with Crippen molar-refractivity contribution in [1.82, 2.24) is 5.32 Å².